The van der Waals surface area contributed by atoms with Crippen LogP contribution in [0.25, 0.3) is 0 Å². The number of hydrogen-bond acceptors (Lipinski definition) is 7. The van der Waals surface area contributed by atoms with E-state index in [-0.39, 0.29) is 22.1 Å². The molecule has 0 saturated carbocycles. The molecule has 2 rings (SSSR count). The lowest BCUT2D eigenvalue weighted by molar-refractivity contribution is -0.385. The minimum absolute atomic E-state index is 0.0866. The number of nitro benzene ring substituents is 1. The van der Waals surface area contributed by atoms with Crippen LogP contribution < -0.4 is 15.7 Å². The molecule has 2 aromatic rings. The number of benzene rings is 1. The van der Waals surface area contributed by atoms with Crippen molar-refractivity contribution in [3.05, 3.63) is 55.5 Å². The summed E-state index contributed by atoms with van der Waals surface area (Å²) < 4.78 is 5.34. The van der Waals surface area contributed by atoms with Crippen molar-refractivity contribution in [3.63, 3.8) is 0 Å². The normalized spacial score (nSPS) is 10.8. The van der Waals surface area contributed by atoms with E-state index in [0.717, 1.165) is 6.42 Å². The summed E-state index contributed by atoms with van der Waals surface area (Å²) in [6, 6.07) is 4.48. The van der Waals surface area contributed by atoms with Crippen LogP contribution in [0.5, 0.6) is 5.75 Å². The summed E-state index contributed by atoms with van der Waals surface area (Å²) in [4.78, 5) is 21.9. The monoisotopic (exact) mass is 351 g/mol. The van der Waals surface area contributed by atoms with E-state index in [1.54, 1.807) is 6.07 Å². The second-order valence-corrected chi connectivity index (χ2v) is 5.01. The lowest BCUT2D eigenvalue weighted by Crippen LogP contribution is -2.10. The molecule has 0 bridgehead atoms. The van der Waals surface area contributed by atoms with Gasteiger partial charge in [-0.15, -0.1) is 0 Å². The molecular formula is C14H14ClN5O4. The zero-order valence-electron chi connectivity index (χ0n) is 12.7. The Balaban J connectivity index is 2.17. The summed E-state index contributed by atoms with van der Waals surface area (Å²) in [6.45, 7) is 2.30. The molecule has 0 radical (unpaired) electrons. The molecule has 10 heteroatoms. The highest BCUT2D eigenvalue weighted by Crippen LogP contribution is 2.27. The third-order valence-corrected chi connectivity index (χ3v) is 3.21. The molecule has 0 fully saturated rings. The van der Waals surface area contributed by atoms with Crippen molar-refractivity contribution >= 4 is 29.2 Å². The number of nitro groups is 1. The number of hydrogen-bond donors (Lipinski definition) is 2. The molecule has 126 valence electrons. The summed E-state index contributed by atoms with van der Waals surface area (Å²) in [6.07, 6.45) is 3.40. The number of hydrazone groups is 1. The first kappa shape index (κ1) is 17.4. The van der Waals surface area contributed by atoms with Crippen molar-refractivity contribution < 1.29 is 9.66 Å². The van der Waals surface area contributed by atoms with E-state index in [1.807, 2.05) is 6.92 Å². The highest BCUT2D eigenvalue weighted by atomic mass is 35.5. The Hall–Kier alpha value is -2.94. The number of H-pyrrole nitrogens is 1. The molecule has 0 unspecified atom stereocenters. The van der Waals surface area contributed by atoms with Crippen LogP contribution >= 0.6 is 11.6 Å². The molecule has 0 aliphatic carbocycles. The van der Waals surface area contributed by atoms with E-state index in [1.165, 1.54) is 24.5 Å². The van der Waals surface area contributed by atoms with Crippen LogP contribution in [0.3, 0.4) is 0 Å². The topological polar surface area (TPSA) is 123 Å². The van der Waals surface area contributed by atoms with Crippen LogP contribution in [0.15, 0.2) is 34.3 Å². The van der Waals surface area contributed by atoms with Gasteiger partial charge in [0.25, 0.3) is 5.56 Å². The fraction of sp³-hybridized carbons (Fsp3) is 0.214. The zero-order valence-corrected chi connectivity index (χ0v) is 13.4. The number of halogens is 1. The van der Waals surface area contributed by atoms with Gasteiger partial charge in [0.1, 0.15) is 10.7 Å². The molecule has 0 aliphatic heterocycles. The Labute approximate surface area is 141 Å². The lowest BCUT2D eigenvalue weighted by atomic mass is 10.2. The summed E-state index contributed by atoms with van der Waals surface area (Å²) in [5.41, 5.74) is 2.55. The van der Waals surface area contributed by atoms with Gasteiger partial charge in [-0.1, -0.05) is 18.5 Å². The molecule has 1 aromatic carbocycles. The van der Waals surface area contributed by atoms with Gasteiger partial charge in [0.2, 0.25) is 0 Å². The summed E-state index contributed by atoms with van der Waals surface area (Å²) in [5.74, 6) is 0.203. The Kier molecular flexibility index (Phi) is 5.85. The van der Waals surface area contributed by atoms with Crippen molar-refractivity contribution in [3.8, 4) is 5.75 Å². The smallest absolute Gasteiger partial charge is 0.311 e. The average molecular weight is 352 g/mol. The maximum Gasteiger partial charge on any atom is 0.311 e. The molecule has 0 saturated heterocycles. The van der Waals surface area contributed by atoms with Crippen molar-refractivity contribution in [2.45, 2.75) is 13.3 Å². The van der Waals surface area contributed by atoms with E-state index in [2.05, 4.69) is 20.7 Å². The second kappa shape index (κ2) is 8.06. The van der Waals surface area contributed by atoms with Crippen LogP contribution in [0, 0.1) is 10.1 Å². The van der Waals surface area contributed by atoms with Gasteiger partial charge in [-0.05, 0) is 18.6 Å². The van der Waals surface area contributed by atoms with Gasteiger partial charge in [-0.3, -0.25) is 20.3 Å². The van der Waals surface area contributed by atoms with Crippen LogP contribution in [-0.2, 0) is 0 Å². The molecule has 0 aliphatic rings. The fourth-order valence-electron chi connectivity index (χ4n) is 1.73. The largest absolute Gasteiger partial charge is 0.487 e. The molecule has 0 spiro atoms. The van der Waals surface area contributed by atoms with Crippen LogP contribution in [0.2, 0.25) is 5.02 Å². The Morgan fingerprint density at radius 2 is 2.33 bits per heavy atom. The Morgan fingerprint density at radius 1 is 1.54 bits per heavy atom. The summed E-state index contributed by atoms with van der Waals surface area (Å²) >= 11 is 5.79. The van der Waals surface area contributed by atoms with Crippen molar-refractivity contribution in [1.82, 2.24) is 10.2 Å². The van der Waals surface area contributed by atoms with Gasteiger partial charge in [0.05, 0.1) is 23.9 Å². The number of ether oxygens (including phenoxy) is 1. The van der Waals surface area contributed by atoms with Gasteiger partial charge in [0, 0.05) is 11.6 Å². The summed E-state index contributed by atoms with van der Waals surface area (Å²) in [7, 11) is 0. The highest BCUT2D eigenvalue weighted by molar-refractivity contribution is 6.32. The van der Waals surface area contributed by atoms with Gasteiger partial charge in [0.15, 0.2) is 5.75 Å². The predicted molar refractivity (Wildman–Crippen MR) is 90.0 cm³/mol. The second-order valence-electron chi connectivity index (χ2n) is 4.63. The van der Waals surface area contributed by atoms with Crippen molar-refractivity contribution in [1.29, 1.82) is 0 Å². The fourth-order valence-corrected chi connectivity index (χ4v) is 1.86. The van der Waals surface area contributed by atoms with Crippen LogP contribution in [0.4, 0.5) is 11.4 Å². The maximum absolute atomic E-state index is 11.3. The number of anilines is 1. The zero-order chi connectivity index (χ0) is 17.5. The van der Waals surface area contributed by atoms with E-state index in [0.29, 0.717) is 12.2 Å². The average Bonchev–Trinajstić information content (AvgIpc) is 2.57. The van der Waals surface area contributed by atoms with Gasteiger partial charge in [-0.25, -0.2) is 5.10 Å². The number of nitrogens with one attached hydrogen (secondary N) is 2. The maximum atomic E-state index is 11.3. The van der Waals surface area contributed by atoms with Crippen LogP contribution in [0.1, 0.15) is 18.9 Å². The third-order valence-electron chi connectivity index (χ3n) is 2.84. The molecule has 24 heavy (non-hydrogen) atoms. The van der Waals surface area contributed by atoms with E-state index in [9.17, 15) is 14.9 Å². The Morgan fingerprint density at radius 3 is 3.04 bits per heavy atom. The third kappa shape index (κ3) is 4.29. The molecule has 9 nitrogen and oxygen atoms in total. The molecule has 0 atom stereocenters. The first-order chi connectivity index (χ1) is 11.5. The van der Waals surface area contributed by atoms with Crippen molar-refractivity contribution in [2.75, 3.05) is 12.0 Å². The minimum atomic E-state index is -0.551. The van der Waals surface area contributed by atoms with E-state index < -0.39 is 10.5 Å². The molecule has 1 heterocycles. The van der Waals surface area contributed by atoms with Crippen LogP contribution in [-0.4, -0.2) is 27.9 Å². The van der Waals surface area contributed by atoms with Crippen molar-refractivity contribution in [2.24, 2.45) is 5.10 Å². The molecule has 0 amide bonds. The summed E-state index contributed by atoms with van der Waals surface area (Å²) in [5, 5.41) is 20.7. The first-order valence-electron chi connectivity index (χ1n) is 6.96. The van der Waals surface area contributed by atoms with E-state index >= 15 is 0 Å². The number of aromatic amines is 1. The Bertz CT molecular complexity index is 821. The first-order valence-corrected chi connectivity index (χ1v) is 7.34. The van der Waals surface area contributed by atoms with Gasteiger partial charge >= 0.3 is 5.69 Å². The number of aromatic nitrogens is 2. The molecule has 1 aromatic heterocycles. The molecular weight excluding hydrogens is 338 g/mol. The standard InChI is InChI=1S/C14H14ClN5O4/c1-2-5-24-12-4-3-9(6-11(12)20(22)23)7-16-18-10-8-17-19-14(21)13(10)15/h3-4,6-8H,2,5H2,1H3,(H2,18,19,21)/b16-7-. The number of rotatable bonds is 7. The number of nitrogens with zero attached hydrogens (tertiary/aromatic N) is 3. The molecule has 2 N–H and O–H groups in total. The predicted octanol–water partition coefficient (Wildman–Crippen LogP) is 2.57. The lowest BCUT2D eigenvalue weighted by Gasteiger charge is -2.05. The minimum Gasteiger partial charge on any atom is -0.487 e. The van der Waals surface area contributed by atoms with Gasteiger partial charge in [-0.2, -0.15) is 10.2 Å². The SMILES string of the molecule is CCCOc1ccc(/C=N\Nc2cn[nH]c(=O)c2Cl)cc1[N+](=O)[O-]. The highest BCUT2D eigenvalue weighted by Gasteiger charge is 2.15. The quantitative estimate of drug-likeness (QED) is 0.449. The van der Waals surface area contributed by atoms with Gasteiger partial charge < -0.3 is 4.74 Å². The van der Waals surface area contributed by atoms with E-state index in [4.69, 9.17) is 16.3 Å².